The average Bonchev–Trinajstić information content (AvgIpc) is 2.85. The van der Waals surface area contributed by atoms with E-state index < -0.39 is 0 Å². The van der Waals surface area contributed by atoms with Crippen LogP contribution in [0, 0.1) is 6.92 Å². The largest absolute Gasteiger partial charge is 0.399 e. The summed E-state index contributed by atoms with van der Waals surface area (Å²) in [6.07, 6.45) is 0.875. The Morgan fingerprint density at radius 2 is 2.10 bits per heavy atom. The van der Waals surface area contributed by atoms with Crippen LogP contribution in [0.15, 0.2) is 30.3 Å². The number of amides is 1. The Morgan fingerprint density at radius 1 is 1.33 bits per heavy atom. The quantitative estimate of drug-likeness (QED) is 0.860. The van der Waals surface area contributed by atoms with Gasteiger partial charge in [0.1, 0.15) is 5.69 Å². The van der Waals surface area contributed by atoms with Crippen molar-refractivity contribution in [2.75, 3.05) is 17.2 Å². The van der Waals surface area contributed by atoms with Crippen molar-refractivity contribution in [3.63, 3.8) is 0 Å². The second-order valence-corrected chi connectivity index (χ2v) is 5.04. The molecule has 0 saturated carbocycles. The van der Waals surface area contributed by atoms with Crippen LogP contribution in [-0.2, 0) is 6.54 Å². The van der Waals surface area contributed by atoms with Gasteiger partial charge >= 0.3 is 0 Å². The molecule has 0 aliphatic rings. The number of hydrogen-bond donors (Lipinski definition) is 1. The molecule has 1 aromatic heterocycles. The highest BCUT2D eigenvalue weighted by atomic mass is 16.2. The SMILES string of the molecule is CCCN(C(=O)c1cc(C)nn1CC)c1cccc(N)c1. The number of hydrogen-bond acceptors (Lipinski definition) is 3. The molecule has 0 fully saturated rings. The molecule has 0 radical (unpaired) electrons. The number of carbonyl (C=O) groups is 1. The summed E-state index contributed by atoms with van der Waals surface area (Å²) in [6, 6.07) is 9.25. The first-order valence-corrected chi connectivity index (χ1v) is 7.28. The lowest BCUT2D eigenvalue weighted by molar-refractivity contribution is 0.0976. The van der Waals surface area contributed by atoms with Gasteiger partial charge in [0.05, 0.1) is 5.69 Å². The number of aryl methyl sites for hydroxylation is 2. The minimum Gasteiger partial charge on any atom is -0.399 e. The maximum Gasteiger partial charge on any atom is 0.276 e. The van der Waals surface area contributed by atoms with E-state index in [-0.39, 0.29) is 5.91 Å². The van der Waals surface area contributed by atoms with E-state index in [4.69, 9.17) is 5.73 Å². The Hall–Kier alpha value is -2.30. The lowest BCUT2D eigenvalue weighted by atomic mass is 10.2. The minimum atomic E-state index is -0.0371. The lowest BCUT2D eigenvalue weighted by Crippen LogP contribution is -2.33. The van der Waals surface area contributed by atoms with E-state index in [0.717, 1.165) is 17.8 Å². The van der Waals surface area contributed by atoms with Crippen molar-refractivity contribution in [1.29, 1.82) is 0 Å². The number of rotatable bonds is 5. The zero-order valence-electron chi connectivity index (χ0n) is 12.8. The van der Waals surface area contributed by atoms with Gasteiger partial charge in [-0.1, -0.05) is 13.0 Å². The summed E-state index contributed by atoms with van der Waals surface area (Å²) < 4.78 is 1.74. The predicted molar refractivity (Wildman–Crippen MR) is 85.5 cm³/mol. The van der Waals surface area contributed by atoms with E-state index in [2.05, 4.69) is 12.0 Å². The first-order chi connectivity index (χ1) is 10.1. The van der Waals surface area contributed by atoms with Crippen molar-refractivity contribution in [3.8, 4) is 0 Å². The monoisotopic (exact) mass is 286 g/mol. The Bertz CT molecular complexity index is 633. The van der Waals surface area contributed by atoms with Gasteiger partial charge < -0.3 is 10.6 Å². The highest BCUT2D eigenvalue weighted by molar-refractivity contribution is 6.05. The third-order valence-electron chi connectivity index (χ3n) is 3.30. The molecule has 2 N–H and O–H groups in total. The Balaban J connectivity index is 2.39. The van der Waals surface area contributed by atoms with Gasteiger partial charge in [-0.2, -0.15) is 5.10 Å². The molecule has 0 unspecified atom stereocenters. The molecule has 2 aromatic rings. The zero-order chi connectivity index (χ0) is 15.4. The topological polar surface area (TPSA) is 64.2 Å². The fraction of sp³-hybridized carbons (Fsp3) is 0.375. The summed E-state index contributed by atoms with van der Waals surface area (Å²) in [7, 11) is 0. The smallest absolute Gasteiger partial charge is 0.276 e. The second-order valence-electron chi connectivity index (χ2n) is 5.04. The Morgan fingerprint density at radius 3 is 2.71 bits per heavy atom. The van der Waals surface area contributed by atoms with Crippen LogP contribution < -0.4 is 10.6 Å². The third-order valence-corrected chi connectivity index (χ3v) is 3.30. The summed E-state index contributed by atoms with van der Waals surface area (Å²) in [5.74, 6) is -0.0371. The molecule has 1 heterocycles. The number of anilines is 2. The number of benzene rings is 1. The van der Waals surface area contributed by atoms with Gasteiger partial charge in [0, 0.05) is 24.5 Å². The number of aromatic nitrogens is 2. The molecule has 1 amide bonds. The maximum absolute atomic E-state index is 12.9. The number of nitrogens with two attached hydrogens (primary N) is 1. The molecule has 0 bridgehead atoms. The van der Waals surface area contributed by atoms with Crippen molar-refractivity contribution >= 4 is 17.3 Å². The normalized spacial score (nSPS) is 10.6. The van der Waals surface area contributed by atoms with E-state index in [1.54, 1.807) is 9.58 Å². The van der Waals surface area contributed by atoms with E-state index in [1.165, 1.54) is 0 Å². The first-order valence-electron chi connectivity index (χ1n) is 7.28. The molecule has 112 valence electrons. The molecule has 5 heteroatoms. The summed E-state index contributed by atoms with van der Waals surface area (Å²) in [5.41, 5.74) is 8.78. The van der Waals surface area contributed by atoms with Crippen molar-refractivity contribution < 1.29 is 4.79 Å². The van der Waals surface area contributed by atoms with Crippen molar-refractivity contribution in [2.24, 2.45) is 0 Å². The predicted octanol–water partition coefficient (Wildman–Crippen LogP) is 2.85. The second kappa shape index (κ2) is 6.43. The molecule has 1 aromatic carbocycles. The average molecular weight is 286 g/mol. The van der Waals surface area contributed by atoms with E-state index in [1.807, 2.05) is 44.2 Å². The molecular weight excluding hydrogens is 264 g/mol. The van der Waals surface area contributed by atoms with Crippen LogP contribution in [-0.4, -0.2) is 22.2 Å². The molecular formula is C16H22N4O. The van der Waals surface area contributed by atoms with Gasteiger partial charge in [-0.05, 0) is 44.5 Å². The van der Waals surface area contributed by atoms with Gasteiger partial charge in [-0.3, -0.25) is 9.48 Å². The van der Waals surface area contributed by atoms with Crippen LogP contribution in [0.5, 0.6) is 0 Å². The summed E-state index contributed by atoms with van der Waals surface area (Å²) >= 11 is 0. The summed E-state index contributed by atoms with van der Waals surface area (Å²) in [6.45, 7) is 7.25. The fourth-order valence-electron chi connectivity index (χ4n) is 2.36. The third kappa shape index (κ3) is 3.24. The Kier molecular flexibility index (Phi) is 4.62. The summed E-state index contributed by atoms with van der Waals surface area (Å²) in [5, 5.41) is 4.35. The van der Waals surface area contributed by atoms with Crippen LogP contribution in [0.1, 0.15) is 36.5 Å². The zero-order valence-corrected chi connectivity index (χ0v) is 12.8. The molecule has 0 aliphatic carbocycles. The van der Waals surface area contributed by atoms with E-state index >= 15 is 0 Å². The fourth-order valence-corrected chi connectivity index (χ4v) is 2.36. The molecule has 21 heavy (non-hydrogen) atoms. The van der Waals surface area contributed by atoms with E-state index in [0.29, 0.717) is 24.5 Å². The van der Waals surface area contributed by atoms with Gasteiger partial charge in [-0.25, -0.2) is 0 Å². The van der Waals surface area contributed by atoms with Gasteiger partial charge in [-0.15, -0.1) is 0 Å². The maximum atomic E-state index is 12.9. The van der Waals surface area contributed by atoms with Crippen LogP contribution in [0.4, 0.5) is 11.4 Å². The summed E-state index contributed by atoms with van der Waals surface area (Å²) in [4.78, 5) is 14.6. The highest BCUT2D eigenvalue weighted by Crippen LogP contribution is 2.20. The highest BCUT2D eigenvalue weighted by Gasteiger charge is 2.21. The number of nitrogens with zero attached hydrogens (tertiary/aromatic N) is 3. The van der Waals surface area contributed by atoms with Gasteiger partial charge in [0.2, 0.25) is 0 Å². The lowest BCUT2D eigenvalue weighted by Gasteiger charge is -2.22. The molecule has 0 atom stereocenters. The van der Waals surface area contributed by atoms with Gasteiger partial charge in [0.25, 0.3) is 5.91 Å². The van der Waals surface area contributed by atoms with Crippen LogP contribution in [0.3, 0.4) is 0 Å². The molecule has 0 saturated heterocycles. The molecule has 2 rings (SSSR count). The van der Waals surface area contributed by atoms with Crippen molar-refractivity contribution in [3.05, 3.63) is 41.7 Å². The first kappa shape index (κ1) is 15.1. The van der Waals surface area contributed by atoms with Crippen LogP contribution in [0.2, 0.25) is 0 Å². The van der Waals surface area contributed by atoms with Crippen molar-refractivity contribution in [2.45, 2.75) is 33.7 Å². The standard InChI is InChI=1S/C16H22N4O/c1-4-9-19(14-8-6-7-13(17)11-14)16(21)15-10-12(3)18-20(15)5-2/h6-8,10-11H,4-5,9,17H2,1-3H3. The molecule has 0 aliphatic heterocycles. The minimum absolute atomic E-state index is 0.0371. The molecule has 5 nitrogen and oxygen atoms in total. The van der Waals surface area contributed by atoms with Crippen molar-refractivity contribution in [1.82, 2.24) is 9.78 Å². The molecule has 0 spiro atoms. The van der Waals surface area contributed by atoms with Gasteiger partial charge in [0.15, 0.2) is 0 Å². The van der Waals surface area contributed by atoms with Crippen LogP contribution >= 0.6 is 0 Å². The number of carbonyl (C=O) groups excluding carboxylic acids is 1. The van der Waals surface area contributed by atoms with Crippen LogP contribution in [0.25, 0.3) is 0 Å². The van der Waals surface area contributed by atoms with E-state index in [9.17, 15) is 4.79 Å². The Labute approximate surface area is 125 Å². The number of nitrogen functional groups attached to an aromatic ring is 1.